The van der Waals surface area contributed by atoms with E-state index in [-0.39, 0.29) is 0 Å². The molecule has 1 atom stereocenters. The van der Waals surface area contributed by atoms with Crippen molar-refractivity contribution >= 4 is 22.1 Å². The quantitative estimate of drug-likeness (QED) is 0.342. The fourth-order valence-electron chi connectivity index (χ4n) is 3.62. The minimum Gasteiger partial charge on any atom is -0.488 e. The molecule has 1 aromatic carbocycles. The first kappa shape index (κ1) is 23.7. The Bertz CT molecular complexity index is 766. The van der Waals surface area contributed by atoms with Crippen molar-refractivity contribution in [1.29, 1.82) is 0 Å². The normalized spacial score (nSPS) is 16.5. The van der Waals surface area contributed by atoms with Gasteiger partial charge in [0.05, 0.1) is 10.2 Å². The van der Waals surface area contributed by atoms with Crippen LogP contribution in [-0.4, -0.2) is 6.21 Å². The fourth-order valence-corrected chi connectivity index (χ4v) is 4.11. The molecule has 0 saturated carbocycles. The summed E-state index contributed by atoms with van der Waals surface area (Å²) >= 11 is 3.73. The Morgan fingerprint density at radius 2 is 1.76 bits per heavy atom. The van der Waals surface area contributed by atoms with E-state index in [2.05, 4.69) is 93.2 Å². The van der Waals surface area contributed by atoms with Gasteiger partial charge >= 0.3 is 0 Å². The summed E-state index contributed by atoms with van der Waals surface area (Å²) in [4.78, 5) is 4.87. The van der Waals surface area contributed by atoms with Gasteiger partial charge < -0.3 is 4.74 Å². The van der Waals surface area contributed by atoms with E-state index in [9.17, 15) is 0 Å². The maximum absolute atomic E-state index is 6.14. The van der Waals surface area contributed by atoms with Gasteiger partial charge in [0.15, 0.2) is 0 Å². The Balaban J connectivity index is 2.10. The second-order valence-electron chi connectivity index (χ2n) is 7.94. The second-order valence-corrected chi connectivity index (χ2v) is 8.79. The monoisotopic (exact) mass is 457 g/mol. The Hall–Kier alpha value is -1.61. The molecule has 1 aliphatic rings. The van der Waals surface area contributed by atoms with Crippen LogP contribution in [0.15, 0.2) is 62.9 Å². The van der Waals surface area contributed by atoms with Gasteiger partial charge in [-0.05, 0) is 82.8 Å². The maximum atomic E-state index is 6.14. The van der Waals surface area contributed by atoms with E-state index in [4.69, 9.17) is 9.73 Å². The molecule has 0 heterocycles. The zero-order valence-corrected chi connectivity index (χ0v) is 20.3. The molecule has 1 aliphatic carbocycles. The lowest BCUT2D eigenvalue weighted by atomic mass is 9.90. The van der Waals surface area contributed by atoms with Crippen LogP contribution in [0.4, 0.5) is 0 Å². The lowest BCUT2D eigenvalue weighted by molar-refractivity contribution is 0.209. The van der Waals surface area contributed by atoms with Gasteiger partial charge in [0.25, 0.3) is 0 Å². The summed E-state index contributed by atoms with van der Waals surface area (Å²) in [5, 5.41) is 0. The summed E-state index contributed by atoms with van der Waals surface area (Å²) in [5.74, 6) is 2.08. The molecule has 0 radical (unpaired) electrons. The zero-order chi connectivity index (χ0) is 21.2. The molecule has 0 N–H and O–H groups in total. The second kappa shape index (κ2) is 12.2. The van der Waals surface area contributed by atoms with Gasteiger partial charge in [-0.1, -0.05) is 64.8 Å². The molecule has 2 nitrogen and oxygen atoms in total. The van der Waals surface area contributed by atoms with Crippen molar-refractivity contribution in [2.75, 3.05) is 0 Å². The summed E-state index contributed by atoms with van der Waals surface area (Å²) in [6, 6.07) is 8.66. The van der Waals surface area contributed by atoms with E-state index in [0.29, 0.717) is 18.4 Å². The van der Waals surface area contributed by atoms with Gasteiger partial charge in [0.1, 0.15) is 12.4 Å². The minimum atomic E-state index is 0.486. The van der Waals surface area contributed by atoms with Gasteiger partial charge in [-0.3, -0.25) is 4.99 Å². The summed E-state index contributed by atoms with van der Waals surface area (Å²) < 4.78 is 7.11. The molecule has 0 bridgehead atoms. The van der Waals surface area contributed by atoms with Crippen molar-refractivity contribution in [3.8, 4) is 0 Å². The van der Waals surface area contributed by atoms with Gasteiger partial charge in [-0.15, -0.1) is 0 Å². The SMILES string of the molecule is CCc1ccc(COC2=CCCC(C)=C(N=CC(C)C(CC)CC)C=C2Br)cc1. The first-order valence-electron chi connectivity index (χ1n) is 11.0. The molecule has 0 spiro atoms. The zero-order valence-electron chi connectivity index (χ0n) is 18.7. The standard InChI is InChI=1S/C26H36BrNO/c1-6-21-12-14-22(15-13-21)18-29-26-11-9-10-19(4)25(16-24(26)27)28-17-20(5)23(7-2)8-3/h11-17,20,23H,6-10,18H2,1-5H3. The van der Waals surface area contributed by atoms with E-state index in [1.807, 2.05) is 0 Å². The number of halogens is 1. The van der Waals surface area contributed by atoms with Crippen LogP contribution < -0.4 is 0 Å². The smallest absolute Gasteiger partial charge is 0.130 e. The molecular weight excluding hydrogens is 422 g/mol. The highest BCUT2D eigenvalue weighted by Crippen LogP contribution is 2.28. The number of nitrogens with zero attached hydrogens (tertiary/aromatic N) is 1. The Morgan fingerprint density at radius 3 is 2.38 bits per heavy atom. The highest BCUT2D eigenvalue weighted by Gasteiger charge is 2.13. The minimum absolute atomic E-state index is 0.486. The first-order valence-corrected chi connectivity index (χ1v) is 11.8. The summed E-state index contributed by atoms with van der Waals surface area (Å²) in [7, 11) is 0. The molecule has 0 amide bonds. The predicted molar refractivity (Wildman–Crippen MR) is 129 cm³/mol. The third-order valence-electron chi connectivity index (χ3n) is 5.85. The van der Waals surface area contributed by atoms with Crippen molar-refractivity contribution in [1.82, 2.24) is 0 Å². The number of ether oxygens (including phenoxy) is 1. The average Bonchev–Trinajstić information content (AvgIpc) is 2.73. The average molecular weight is 458 g/mol. The molecule has 0 saturated heterocycles. The molecule has 158 valence electrons. The van der Waals surface area contributed by atoms with Crippen molar-refractivity contribution in [2.24, 2.45) is 16.8 Å². The van der Waals surface area contributed by atoms with Crippen LogP contribution in [0.5, 0.6) is 0 Å². The van der Waals surface area contributed by atoms with E-state index in [1.54, 1.807) is 0 Å². The van der Waals surface area contributed by atoms with Crippen molar-refractivity contribution < 1.29 is 4.74 Å². The highest BCUT2D eigenvalue weighted by molar-refractivity contribution is 9.12. The summed E-state index contributed by atoms with van der Waals surface area (Å²) in [5.41, 5.74) is 4.91. The van der Waals surface area contributed by atoms with E-state index < -0.39 is 0 Å². The lowest BCUT2D eigenvalue weighted by Crippen LogP contribution is -2.11. The van der Waals surface area contributed by atoms with E-state index in [0.717, 1.165) is 35.2 Å². The Kier molecular flexibility index (Phi) is 9.93. The molecule has 2 rings (SSSR count). The van der Waals surface area contributed by atoms with Crippen LogP contribution in [0, 0.1) is 11.8 Å². The molecular formula is C26H36BrNO. The third-order valence-corrected chi connectivity index (χ3v) is 6.47. The molecule has 1 unspecified atom stereocenters. The third kappa shape index (κ3) is 7.29. The fraction of sp³-hybridized carbons (Fsp3) is 0.500. The summed E-state index contributed by atoms with van der Waals surface area (Å²) in [6.45, 7) is 11.7. The molecule has 1 aromatic rings. The van der Waals surface area contributed by atoms with Crippen LogP contribution in [0.1, 0.15) is 71.4 Å². The van der Waals surface area contributed by atoms with Crippen molar-refractivity contribution in [3.63, 3.8) is 0 Å². The molecule has 29 heavy (non-hydrogen) atoms. The molecule has 0 aromatic heterocycles. The van der Waals surface area contributed by atoms with Crippen LogP contribution in [0.3, 0.4) is 0 Å². The van der Waals surface area contributed by atoms with E-state index >= 15 is 0 Å². The molecule has 0 fully saturated rings. The van der Waals surface area contributed by atoms with Crippen molar-refractivity contribution in [2.45, 2.75) is 73.3 Å². The lowest BCUT2D eigenvalue weighted by Gasteiger charge is -2.17. The molecule has 3 heteroatoms. The number of hydrogen-bond donors (Lipinski definition) is 0. The Labute approximate surface area is 186 Å². The largest absolute Gasteiger partial charge is 0.488 e. The number of hydrogen-bond acceptors (Lipinski definition) is 2. The topological polar surface area (TPSA) is 21.6 Å². The summed E-state index contributed by atoms with van der Waals surface area (Å²) in [6.07, 6.45) is 11.8. The van der Waals surface area contributed by atoms with E-state index in [1.165, 1.54) is 29.5 Å². The van der Waals surface area contributed by atoms with Gasteiger partial charge in [0.2, 0.25) is 0 Å². The number of aliphatic imine (C=N–C) groups is 1. The van der Waals surface area contributed by atoms with Crippen LogP contribution >= 0.6 is 15.9 Å². The van der Waals surface area contributed by atoms with Gasteiger partial charge in [0, 0.05) is 6.21 Å². The van der Waals surface area contributed by atoms with Crippen LogP contribution in [0.25, 0.3) is 0 Å². The molecule has 0 aliphatic heterocycles. The number of allylic oxidation sites excluding steroid dienone is 4. The Morgan fingerprint density at radius 1 is 1.10 bits per heavy atom. The predicted octanol–water partition coefficient (Wildman–Crippen LogP) is 8.14. The van der Waals surface area contributed by atoms with Gasteiger partial charge in [-0.25, -0.2) is 0 Å². The van der Waals surface area contributed by atoms with Crippen LogP contribution in [-0.2, 0) is 17.8 Å². The van der Waals surface area contributed by atoms with Crippen molar-refractivity contribution in [3.05, 3.63) is 69.1 Å². The first-order chi connectivity index (χ1) is 14.0. The van der Waals surface area contributed by atoms with Crippen LogP contribution in [0.2, 0.25) is 0 Å². The number of rotatable bonds is 9. The number of aryl methyl sites for hydroxylation is 1. The maximum Gasteiger partial charge on any atom is 0.130 e. The highest BCUT2D eigenvalue weighted by atomic mass is 79.9. The van der Waals surface area contributed by atoms with Gasteiger partial charge in [-0.2, -0.15) is 0 Å². The number of benzene rings is 1.